The van der Waals surface area contributed by atoms with Crippen molar-refractivity contribution in [3.8, 4) is 0 Å². The zero-order chi connectivity index (χ0) is 28.1. The van der Waals surface area contributed by atoms with E-state index in [0.29, 0.717) is 18.8 Å². The highest BCUT2D eigenvalue weighted by atomic mass is 16.5. The molecular weight excluding hydrogens is 500 g/mol. The van der Waals surface area contributed by atoms with Crippen LogP contribution in [-0.4, -0.2) is 54.1 Å². The number of hydrogen-bond acceptors (Lipinski definition) is 4. The Morgan fingerprint density at radius 1 is 1.07 bits per heavy atom. The Morgan fingerprint density at radius 2 is 1.85 bits per heavy atom. The number of piperidine rings is 1. The SMILES string of the molecule is COCCCn1c(C2CCCN(C(=O)CC(N)Cc3ccc(NC(=O)C4CCC4)cc3)C2)c(C)c2ccccc21. The number of carbonyl (C=O) groups is 2. The quantitative estimate of drug-likeness (QED) is 0.317. The van der Waals surface area contributed by atoms with Crippen LogP contribution in [0.25, 0.3) is 10.9 Å². The third-order valence-corrected chi connectivity index (χ3v) is 8.80. The van der Waals surface area contributed by atoms with Gasteiger partial charge in [0, 0.05) is 79.9 Å². The van der Waals surface area contributed by atoms with Gasteiger partial charge in [-0.2, -0.15) is 0 Å². The Hall–Kier alpha value is -3.16. The zero-order valence-electron chi connectivity index (χ0n) is 24.0. The molecule has 1 saturated heterocycles. The lowest BCUT2D eigenvalue weighted by Gasteiger charge is -2.34. The maximum atomic E-state index is 13.4. The highest BCUT2D eigenvalue weighted by molar-refractivity contribution is 5.93. The van der Waals surface area contributed by atoms with E-state index in [2.05, 4.69) is 41.1 Å². The molecule has 0 bridgehead atoms. The van der Waals surface area contributed by atoms with E-state index in [1.807, 2.05) is 29.2 Å². The minimum absolute atomic E-state index is 0.117. The first kappa shape index (κ1) is 28.4. The zero-order valence-corrected chi connectivity index (χ0v) is 24.0. The molecular formula is C33H44N4O3. The number of aromatic nitrogens is 1. The lowest BCUT2D eigenvalue weighted by atomic mass is 9.85. The standard InChI is InChI=1S/C33H44N4O3/c1-23-29-11-3-4-12-30(29)37(18-7-19-40-2)32(23)26-10-6-17-36(22-26)31(38)21-27(34)20-24-13-15-28(16-14-24)35-33(39)25-8-5-9-25/h3-4,11-16,25-27H,5-10,17-22,34H2,1-2H3,(H,35,39). The summed E-state index contributed by atoms with van der Waals surface area (Å²) in [6.07, 6.45) is 7.13. The van der Waals surface area contributed by atoms with Crippen LogP contribution >= 0.6 is 0 Å². The molecule has 1 saturated carbocycles. The van der Waals surface area contributed by atoms with Crippen LogP contribution in [-0.2, 0) is 27.3 Å². The molecule has 3 N–H and O–H groups in total. The van der Waals surface area contributed by atoms with Crippen LogP contribution < -0.4 is 11.1 Å². The first-order valence-electron chi connectivity index (χ1n) is 14.9. The molecule has 2 amide bonds. The number of nitrogens with one attached hydrogen (secondary N) is 1. The van der Waals surface area contributed by atoms with Gasteiger partial charge in [0.05, 0.1) is 0 Å². The van der Waals surface area contributed by atoms with Gasteiger partial charge in [0.25, 0.3) is 0 Å². The number of anilines is 1. The maximum Gasteiger partial charge on any atom is 0.227 e. The molecule has 1 aromatic heterocycles. The predicted molar refractivity (Wildman–Crippen MR) is 160 cm³/mol. The number of benzene rings is 2. The van der Waals surface area contributed by atoms with Gasteiger partial charge in [-0.05, 0) is 74.8 Å². The van der Waals surface area contributed by atoms with E-state index in [-0.39, 0.29) is 23.8 Å². The number of nitrogens with zero attached hydrogens (tertiary/aromatic N) is 2. The molecule has 7 nitrogen and oxygen atoms in total. The van der Waals surface area contributed by atoms with Crippen molar-refractivity contribution in [1.82, 2.24) is 9.47 Å². The van der Waals surface area contributed by atoms with Crippen molar-refractivity contribution in [3.63, 3.8) is 0 Å². The van der Waals surface area contributed by atoms with Gasteiger partial charge in [-0.15, -0.1) is 0 Å². The molecule has 5 rings (SSSR count). The van der Waals surface area contributed by atoms with Crippen LogP contribution in [0.1, 0.15) is 67.7 Å². The van der Waals surface area contributed by atoms with Crippen molar-refractivity contribution in [3.05, 3.63) is 65.4 Å². The van der Waals surface area contributed by atoms with Gasteiger partial charge in [0.1, 0.15) is 0 Å². The number of methoxy groups -OCH3 is 1. The third kappa shape index (κ3) is 6.42. The monoisotopic (exact) mass is 544 g/mol. The lowest BCUT2D eigenvalue weighted by Crippen LogP contribution is -2.42. The van der Waals surface area contributed by atoms with E-state index in [0.717, 1.165) is 76.0 Å². The molecule has 0 spiro atoms. The number of likely N-dealkylation sites (tertiary alicyclic amines) is 1. The summed E-state index contributed by atoms with van der Waals surface area (Å²) < 4.78 is 7.80. The second-order valence-corrected chi connectivity index (χ2v) is 11.7. The summed E-state index contributed by atoms with van der Waals surface area (Å²) in [5.41, 5.74) is 12.3. The minimum Gasteiger partial charge on any atom is -0.385 e. The third-order valence-electron chi connectivity index (χ3n) is 8.80. The molecule has 0 radical (unpaired) electrons. The van der Waals surface area contributed by atoms with Crippen molar-refractivity contribution in [2.75, 3.05) is 32.1 Å². The summed E-state index contributed by atoms with van der Waals surface area (Å²) in [7, 11) is 1.75. The smallest absolute Gasteiger partial charge is 0.227 e. The highest BCUT2D eigenvalue weighted by Gasteiger charge is 2.30. The Balaban J connectivity index is 1.20. The molecule has 2 aliphatic rings. The molecule has 3 aromatic rings. The van der Waals surface area contributed by atoms with Crippen LogP contribution in [0.2, 0.25) is 0 Å². The number of ether oxygens (including phenoxy) is 1. The Morgan fingerprint density at radius 3 is 2.58 bits per heavy atom. The number of rotatable bonds is 11. The maximum absolute atomic E-state index is 13.4. The van der Waals surface area contributed by atoms with E-state index in [4.69, 9.17) is 10.5 Å². The predicted octanol–water partition coefficient (Wildman–Crippen LogP) is 5.39. The number of hydrogen-bond donors (Lipinski definition) is 2. The van der Waals surface area contributed by atoms with Crippen molar-refractivity contribution in [1.29, 1.82) is 0 Å². The number of amides is 2. The van der Waals surface area contributed by atoms with Gasteiger partial charge in [0.2, 0.25) is 11.8 Å². The average Bonchev–Trinajstić information content (AvgIpc) is 3.20. The van der Waals surface area contributed by atoms with Gasteiger partial charge < -0.3 is 25.3 Å². The number of fused-ring (bicyclic) bond motifs is 1. The number of aryl methyl sites for hydroxylation is 2. The molecule has 214 valence electrons. The molecule has 1 aliphatic heterocycles. The molecule has 2 atom stereocenters. The van der Waals surface area contributed by atoms with Crippen LogP contribution in [0.15, 0.2) is 48.5 Å². The second kappa shape index (κ2) is 13.0. The summed E-state index contributed by atoms with van der Waals surface area (Å²) >= 11 is 0. The minimum atomic E-state index is -0.245. The highest BCUT2D eigenvalue weighted by Crippen LogP contribution is 2.36. The average molecular weight is 545 g/mol. The largest absolute Gasteiger partial charge is 0.385 e. The Labute approximate surface area is 238 Å². The summed E-state index contributed by atoms with van der Waals surface area (Å²) in [6.45, 7) is 5.40. The molecule has 2 fully saturated rings. The van der Waals surface area contributed by atoms with Crippen molar-refractivity contribution in [2.45, 2.75) is 76.8 Å². The first-order valence-corrected chi connectivity index (χ1v) is 14.9. The summed E-state index contributed by atoms with van der Waals surface area (Å²) in [4.78, 5) is 27.6. The summed E-state index contributed by atoms with van der Waals surface area (Å²) in [6, 6.07) is 16.3. The van der Waals surface area contributed by atoms with Gasteiger partial charge in [-0.25, -0.2) is 0 Å². The molecule has 2 unspecified atom stereocenters. The number of para-hydroxylation sites is 1. The van der Waals surface area contributed by atoms with Gasteiger partial charge >= 0.3 is 0 Å². The van der Waals surface area contributed by atoms with Crippen LogP contribution in [0.3, 0.4) is 0 Å². The topological polar surface area (TPSA) is 89.6 Å². The van der Waals surface area contributed by atoms with Crippen LogP contribution in [0, 0.1) is 12.8 Å². The van der Waals surface area contributed by atoms with Crippen molar-refractivity contribution >= 4 is 28.4 Å². The molecule has 40 heavy (non-hydrogen) atoms. The van der Waals surface area contributed by atoms with E-state index >= 15 is 0 Å². The van der Waals surface area contributed by atoms with Gasteiger partial charge in [-0.1, -0.05) is 36.8 Å². The normalized spacial score (nSPS) is 18.5. The number of nitrogens with two attached hydrogens (primary N) is 1. The fourth-order valence-corrected chi connectivity index (χ4v) is 6.42. The van der Waals surface area contributed by atoms with Crippen molar-refractivity contribution < 1.29 is 14.3 Å². The summed E-state index contributed by atoms with van der Waals surface area (Å²) in [5.74, 6) is 0.732. The number of carbonyl (C=O) groups excluding carboxylic acids is 2. The molecule has 2 aromatic carbocycles. The Kier molecular flexibility index (Phi) is 9.22. The van der Waals surface area contributed by atoms with E-state index in [9.17, 15) is 9.59 Å². The van der Waals surface area contributed by atoms with Gasteiger partial charge in [-0.3, -0.25) is 9.59 Å². The van der Waals surface area contributed by atoms with Crippen molar-refractivity contribution in [2.24, 2.45) is 11.7 Å². The lowest BCUT2D eigenvalue weighted by molar-refractivity contribution is -0.132. The second-order valence-electron chi connectivity index (χ2n) is 11.7. The summed E-state index contributed by atoms with van der Waals surface area (Å²) in [5, 5.41) is 4.31. The van der Waals surface area contributed by atoms with E-state index in [1.54, 1.807) is 7.11 Å². The van der Waals surface area contributed by atoms with E-state index in [1.165, 1.54) is 22.2 Å². The van der Waals surface area contributed by atoms with Crippen LogP contribution in [0.5, 0.6) is 0 Å². The molecule has 1 aliphatic carbocycles. The van der Waals surface area contributed by atoms with E-state index < -0.39 is 0 Å². The molecule has 7 heteroatoms. The fraction of sp³-hybridized carbons (Fsp3) is 0.515. The van der Waals surface area contributed by atoms with Crippen LogP contribution in [0.4, 0.5) is 5.69 Å². The first-order chi connectivity index (χ1) is 19.4. The molecule has 2 heterocycles. The van der Waals surface area contributed by atoms with Gasteiger partial charge in [0.15, 0.2) is 0 Å². The fourth-order valence-electron chi connectivity index (χ4n) is 6.42. The Bertz CT molecular complexity index is 1310.